The molecule has 1 atom stereocenters. The van der Waals surface area contributed by atoms with Gasteiger partial charge in [0.15, 0.2) is 0 Å². The Morgan fingerprint density at radius 3 is 2.68 bits per heavy atom. The third-order valence-electron chi connectivity index (χ3n) is 3.97. The molecule has 1 saturated heterocycles. The number of benzene rings is 1. The molecule has 0 aliphatic carbocycles. The summed E-state index contributed by atoms with van der Waals surface area (Å²) in [5, 5.41) is 1.02. The lowest BCUT2D eigenvalue weighted by Crippen LogP contribution is -2.36. The monoisotopic (exact) mass is 350 g/mol. The van der Waals surface area contributed by atoms with E-state index in [1.54, 1.807) is 11.0 Å². The number of ether oxygens (including phenoxy) is 1. The first-order valence-corrected chi connectivity index (χ1v) is 9.20. The highest BCUT2D eigenvalue weighted by molar-refractivity contribution is 5.83. The second-order valence-electron chi connectivity index (χ2n) is 5.87. The van der Waals surface area contributed by atoms with E-state index in [-0.39, 0.29) is 18.0 Å². The maximum Gasteiger partial charge on any atom is 0.409 e. The number of hydrogen-bond donors (Lipinski definition) is 1. The summed E-state index contributed by atoms with van der Waals surface area (Å²) in [7, 11) is 1.41. The number of H-pyrrole nitrogens is 1. The number of methoxy groups -OCH3 is 1. The second-order valence-corrected chi connectivity index (χ2v) is 5.87. The average Bonchev–Trinajstić information content (AvgIpc) is 3.24. The summed E-state index contributed by atoms with van der Waals surface area (Å²) in [5.41, 5.74) is 1.91. The van der Waals surface area contributed by atoms with E-state index in [1.165, 1.54) is 25.7 Å². The lowest BCUT2D eigenvalue weighted by atomic mass is 10.0. The first-order valence-electron chi connectivity index (χ1n) is 9.20. The summed E-state index contributed by atoms with van der Waals surface area (Å²) in [4.78, 5) is 16.6. The fourth-order valence-corrected chi connectivity index (χ4v) is 2.99. The van der Waals surface area contributed by atoms with Crippen molar-refractivity contribution in [2.45, 2.75) is 59.4 Å². The van der Waals surface area contributed by atoms with E-state index >= 15 is 0 Å². The van der Waals surface area contributed by atoms with Gasteiger partial charge < -0.3 is 14.6 Å². The first-order chi connectivity index (χ1) is 12.1. The summed E-state index contributed by atoms with van der Waals surface area (Å²) >= 11 is 0. The molecule has 3 rings (SSSR count). The fourth-order valence-electron chi connectivity index (χ4n) is 2.99. The first kappa shape index (κ1) is 21.0. The molecule has 140 valence electrons. The highest BCUT2D eigenvalue weighted by atomic mass is 19.1. The van der Waals surface area contributed by atoms with E-state index in [9.17, 15) is 9.18 Å². The van der Waals surface area contributed by atoms with Crippen LogP contribution in [-0.4, -0.2) is 35.7 Å². The minimum absolute atomic E-state index is 0.159. The van der Waals surface area contributed by atoms with Gasteiger partial charge in [0.2, 0.25) is 0 Å². The molecule has 1 unspecified atom stereocenters. The van der Waals surface area contributed by atoms with E-state index in [0.29, 0.717) is 0 Å². The molecule has 1 aliphatic heterocycles. The minimum atomic E-state index is -0.265. The molecule has 0 radical (unpaired) electrons. The van der Waals surface area contributed by atoms with Crippen molar-refractivity contribution in [1.82, 2.24) is 9.88 Å². The lowest BCUT2D eigenvalue weighted by molar-refractivity contribution is 0.119. The topological polar surface area (TPSA) is 45.3 Å². The summed E-state index contributed by atoms with van der Waals surface area (Å²) in [6.45, 7) is 8.99. The molecule has 1 aliphatic rings. The van der Waals surface area contributed by atoms with Gasteiger partial charge in [0, 0.05) is 29.7 Å². The Kier molecular flexibility index (Phi) is 9.03. The highest BCUT2D eigenvalue weighted by Gasteiger charge is 2.29. The van der Waals surface area contributed by atoms with Crippen LogP contribution in [-0.2, 0) is 11.2 Å². The molecule has 1 aromatic carbocycles. The Morgan fingerprint density at radius 1 is 1.36 bits per heavy atom. The van der Waals surface area contributed by atoms with Crippen molar-refractivity contribution in [2.24, 2.45) is 0 Å². The van der Waals surface area contributed by atoms with Gasteiger partial charge in [0.1, 0.15) is 5.82 Å². The Morgan fingerprint density at radius 2 is 2.04 bits per heavy atom. The number of likely N-dealkylation sites (tertiary alicyclic amines) is 1. The maximum absolute atomic E-state index is 13.2. The molecule has 1 aromatic heterocycles. The Labute approximate surface area is 150 Å². The molecule has 25 heavy (non-hydrogen) atoms. The van der Waals surface area contributed by atoms with Crippen LogP contribution in [0.25, 0.3) is 10.9 Å². The van der Waals surface area contributed by atoms with Gasteiger partial charge in [-0.1, -0.05) is 34.1 Å². The van der Waals surface area contributed by atoms with E-state index in [2.05, 4.69) is 18.8 Å². The van der Waals surface area contributed by atoms with Gasteiger partial charge in [-0.25, -0.2) is 9.18 Å². The zero-order chi connectivity index (χ0) is 18.8. The van der Waals surface area contributed by atoms with Gasteiger partial charge in [-0.15, -0.1) is 0 Å². The number of carbonyl (C=O) groups is 1. The van der Waals surface area contributed by atoms with Crippen LogP contribution in [0.3, 0.4) is 0 Å². The standard InChI is InChI=1S/C15H17FN2O2.C3H8.C2H6/c1-20-15(19)18-6-2-3-12(18)7-10-9-17-14-8-11(16)4-5-13(10)14;1-3-2;1-2/h4-5,8-9,12,17H,2-3,6-7H2,1H3;3H2,1-2H3;1-2H3. The van der Waals surface area contributed by atoms with Gasteiger partial charge in [0.25, 0.3) is 0 Å². The van der Waals surface area contributed by atoms with Crippen LogP contribution in [0.1, 0.15) is 52.5 Å². The minimum Gasteiger partial charge on any atom is -0.453 e. The number of aromatic amines is 1. The van der Waals surface area contributed by atoms with Crippen molar-refractivity contribution in [3.63, 3.8) is 0 Å². The molecular weight excluding hydrogens is 319 g/mol. The third kappa shape index (κ3) is 5.48. The van der Waals surface area contributed by atoms with Crippen molar-refractivity contribution in [3.8, 4) is 0 Å². The van der Waals surface area contributed by atoms with Crippen LogP contribution in [0.2, 0.25) is 0 Å². The number of aromatic nitrogens is 1. The van der Waals surface area contributed by atoms with Crippen molar-refractivity contribution < 1.29 is 13.9 Å². The number of halogens is 1. The Hall–Kier alpha value is -2.04. The van der Waals surface area contributed by atoms with Crippen LogP contribution in [0, 0.1) is 5.82 Å². The number of fused-ring (bicyclic) bond motifs is 1. The number of hydrogen-bond acceptors (Lipinski definition) is 2. The molecule has 0 saturated carbocycles. The number of carbonyl (C=O) groups excluding carboxylic acids is 1. The van der Waals surface area contributed by atoms with Gasteiger partial charge in [-0.3, -0.25) is 0 Å². The zero-order valence-electron chi connectivity index (χ0n) is 16.1. The fraction of sp³-hybridized carbons (Fsp3) is 0.550. The zero-order valence-corrected chi connectivity index (χ0v) is 16.1. The normalized spacial score (nSPS) is 15.9. The molecule has 1 fully saturated rings. The third-order valence-corrected chi connectivity index (χ3v) is 3.97. The summed E-state index contributed by atoms with van der Waals surface area (Å²) in [6.07, 6.45) is 5.62. The second kappa shape index (κ2) is 10.7. The number of nitrogens with one attached hydrogen (secondary N) is 1. The molecule has 1 N–H and O–H groups in total. The van der Waals surface area contributed by atoms with Gasteiger partial charge >= 0.3 is 6.09 Å². The van der Waals surface area contributed by atoms with E-state index in [4.69, 9.17) is 4.74 Å². The lowest BCUT2D eigenvalue weighted by Gasteiger charge is -2.22. The van der Waals surface area contributed by atoms with Gasteiger partial charge in [-0.05, 0) is 43.0 Å². The highest BCUT2D eigenvalue weighted by Crippen LogP contribution is 2.26. The average molecular weight is 350 g/mol. The predicted molar refractivity (Wildman–Crippen MR) is 101 cm³/mol. The van der Waals surface area contributed by atoms with Crippen molar-refractivity contribution in [3.05, 3.63) is 35.8 Å². The molecule has 2 aromatic rings. The van der Waals surface area contributed by atoms with Crippen molar-refractivity contribution >= 4 is 17.0 Å². The van der Waals surface area contributed by atoms with Gasteiger partial charge in [0.05, 0.1) is 7.11 Å². The molecule has 0 bridgehead atoms. The molecular formula is C20H31FN2O2. The largest absolute Gasteiger partial charge is 0.453 e. The molecule has 2 heterocycles. The van der Waals surface area contributed by atoms with Gasteiger partial charge in [-0.2, -0.15) is 0 Å². The number of nitrogens with zero attached hydrogens (tertiary/aromatic N) is 1. The van der Waals surface area contributed by atoms with Crippen molar-refractivity contribution in [2.75, 3.05) is 13.7 Å². The smallest absolute Gasteiger partial charge is 0.409 e. The summed E-state index contributed by atoms with van der Waals surface area (Å²) in [6, 6.07) is 4.90. The molecule has 1 amide bonds. The van der Waals surface area contributed by atoms with Crippen LogP contribution in [0.4, 0.5) is 9.18 Å². The Balaban J connectivity index is 0.000000567. The summed E-state index contributed by atoms with van der Waals surface area (Å²) < 4.78 is 18.0. The summed E-state index contributed by atoms with van der Waals surface area (Å²) in [5.74, 6) is -0.247. The van der Waals surface area contributed by atoms with Crippen molar-refractivity contribution in [1.29, 1.82) is 0 Å². The predicted octanol–water partition coefficient (Wildman–Crippen LogP) is 5.52. The number of amides is 1. The molecule has 0 spiro atoms. The SMILES string of the molecule is CC.CCC.COC(=O)N1CCCC1Cc1c[nH]c2cc(F)ccc12. The molecule has 4 nitrogen and oxygen atoms in total. The van der Waals surface area contributed by atoms with Crippen LogP contribution >= 0.6 is 0 Å². The van der Waals surface area contributed by atoms with E-state index in [1.807, 2.05) is 20.0 Å². The van der Waals surface area contributed by atoms with Crippen LogP contribution < -0.4 is 0 Å². The van der Waals surface area contributed by atoms with Crippen LogP contribution in [0.5, 0.6) is 0 Å². The quantitative estimate of drug-likeness (QED) is 0.775. The van der Waals surface area contributed by atoms with E-state index < -0.39 is 0 Å². The van der Waals surface area contributed by atoms with Crippen LogP contribution in [0.15, 0.2) is 24.4 Å². The molecule has 5 heteroatoms. The van der Waals surface area contributed by atoms with E-state index in [0.717, 1.165) is 42.3 Å². The maximum atomic E-state index is 13.2. The Bertz CT molecular complexity index is 654. The number of rotatable bonds is 2.